The number of carbonyl (C=O) groups excluding carboxylic acids is 1. The summed E-state index contributed by atoms with van der Waals surface area (Å²) in [5, 5.41) is 14.0. The highest BCUT2D eigenvalue weighted by atomic mass is 79.9. The molecule has 10 heteroatoms. The zero-order valence-corrected chi connectivity index (χ0v) is 18.3. The summed E-state index contributed by atoms with van der Waals surface area (Å²) in [6, 6.07) is 7.45. The summed E-state index contributed by atoms with van der Waals surface area (Å²) in [6.07, 6.45) is 10.5. The normalized spacial score (nSPS) is 10.9. The van der Waals surface area contributed by atoms with Crippen molar-refractivity contribution in [2.45, 2.75) is 4.90 Å². The lowest BCUT2D eigenvalue weighted by molar-refractivity contribution is -0.111. The van der Waals surface area contributed by atoms with Gasteiger partial charge in [-0.05, 0) is 24.5 Å². The first-order valence-electron chi connectivity index (χ1n) is 8.64. The molecule has 1 aromatic carbocycles. The molecule has 2 heterocycles. The number of thioether (sulfide) groups is 1. The predicted molar refractivity (Wildman–Crippen MR) is 122 cm³/mol. The Morgan fingerprint density at radius 3 is 2.79 bits per heavy atom. The van der Waals surface area contributed by atoms with Crippen LogP contribution in [0.5, 0.6) is 0 Å². The molecule has 0 aliphatic heterocycles. The highest BCUT2D eigenvalue weighted by molar-refractivity contribution is 9.09. The number of amides is 1. The van der Waals surface area contributed by atoms with Crippen molar-refractivity contribution in [3.8, 4) is 0 Å². The Labute approximate surface area is 181 Å². The van der Waals surface area contributed by atoms with Crippen LogP contribution in [0.3, 0.4) is 0 Å². The summed E-state index contributed by atoms with van der Waals surface area (Å²) >= 11 is 4.80. The molecule has 3 aromatic rings. The summed E-state index contributed by atoms with van der Waals surface area (Å²) < 4.78 is 1.70. The van der Waals surface area contributed by atoms with Crippen LogP contribution < -0.4 is 16.0 Å². The van der Waals surface area contributed by atoms with Gasteiger partial charge in [0.25, 0.3) is 0 Å². The lowest BCUT2D eigenvalue weighted by atomic mass is 10.2. The van der Waals surface area contributed by atoms with Crippen LogP contribution in [0.1, 0.15) is 0 Å². The van der Waals surface area contributed by atoms with E-state index in [4.69, 9.17) is 0 Å². The number of rotatable bonds is 8. The van der Waals surface area contributed by atoms with Crippen LogP contribution in [0.15, 0.2) is 59.9 Å². The third kappa shape index (κ3) is 6.06. The molecule has 0 saturated heterocycles. The first kappa shape index (κ1) is 20.9. The topological polar surface area (TPSA) is 96.8 Å². The minimum Gasteiger partial charge on any atom is -0.339 e. The standard InChI is InChI=1S/C19H20BrN7OS/c1-27-12-15(10-22-27)25-19-21-11-16(29-2)18(26-19)24-14-6-3-5-13(9-14)23-17(28)7-4-8-20/h3-7,9-12H,8H2,1-2H3,(H,23,28)(H2,21,24,25,26). The molecule has 2 aromatic heterocycles. The van der Waals surface area contributed by atoms with E-state index in [9.17, 15) is 4.79 Å². The van der Waals surface area contributed by atoms with E-state index >= 15 is 0 Å². The van der Waals surface area contributed by atoms with Gasteiger partial charge in [-0.15, -0.1) is 11.8 Å². The number of carbonyl (C=O) groups is 1. The fourth-order valence-corrected chi connectivity index (χ4v) is 3.07. The van der Waals surface area contributed by atoms with E-state index in [2.05, 4.69) is 46.9 Å². The number of anilines is 5. The summed E-state index contributed by atoms with van der Waals surface area (Å²) in [4.78, 5) is 21.7. The van der Waals surface area contributed by atoms with Gasteiger partial charge in [0, 0.05) is 42.2 Å². The van der Waals surface area contributed by atoms with Gasteiger partial charge < -0.3 is 16.0 Å². The molecule has 0 saturated carbocycles. The molecule has 0 bridgehead atoms. The van der Waals surface area contributed by atoms with E-state index in [1.807, 2.05) is 43.8 Å². The number of nitrogens with one attached hydrogen (secondary N) is 3. The molecule has 0 aliphatic carbocycles. The Balaban J connectivity index is 1.77. The Kier molecular flexibility index (Phi) is 7.25. The smallest absolute Gasteiger partial charge is 0.248 e. The van der Waals surface area contributed by atoms with Gasteiger partial charge in [0.05, 0.1) is 16.8 Å². The highest BCUT2D eigenvalue weighted by Gasteiger charge is 2.09. The van der Waals surface area contributed by atoms with Gasteiger partial charge >= 0.3 is 0 Å². The molecule has 0 spiro atoms. The Hall–Kier alpha value is -2.85. The van der Waals surface area contributed by atoms with Crippen LogP contribution in [0.4, 0.5) is 28.8 Å². The van der Waals surface area contributed by atoms with Crippen molar-refractivity contribution in [3.63, 3.8) is 0 Å². The van der Waals surface area contributed by atoms with Crippen molar-refractivity contribution < 1.29 is 4.79 Å². The van der Waals surface area contributed by atoms with Crippen molar-refractivity contribution in [2.75, 3.05) is 27.5 Å². The molecular weight excluding hydrogens is 454 g/mol. The number of halogens is 1. The van der Waals surface area contributed by atoms with E-state index in [1.165, 1.54) is 6.08 Å². The van der Waals surface area contributed by atoms with Gasteiger partial charge in [-0.3, -0.25) is 9.48 Å². The Bertz CT molecular complexity index is 1020. The number of alkyl halides is 1. The molecule has 0 atom stereocenters. The maximum atomic E-state index is 11.9. The molecular formula is C19H20BrN7OS. The van der Waals surface area contributed by atoms with Crippen molar-refractivity contribution in [2.24, 2.45) is 7.05 Å². The molecule has 0 aliphatic rings. The average Bonchev–Trinajstić information content (AvgIpc) is 3.11. The van der Waals surface area contributed by atoms with E-state index in [0.29, 0.717) is 22.8 Å². The quantitative estimate of drug-likeness (QED) is 0.254. The van der Waals surface area contributed by atoms with Gasteiger partial charge in [0.15, 0.2) is 0 Å². The van der Waals surface area contributed by atoms with E-state index in [1.54, 1.807) is 34.9 Å². The first-order valence-corrected chi connectivity index (χ1v) is 11.0. The molecule has 3 N–H and O–H groups in total. The molecule has 150 valence electrons. The molecule has 3 rings (SSSR count). The molecule has 0 fully saturated rings. The van der Waals surface area contributed by atoms with Gasteiger partial charge in [0.2, 0.25) is 11.9 Å². The first-order chi connectivity index (χ1) is 14.1. The van der Waals surface area contributed by atoms with Crippen LogP contribution in [-0.4, -0.2) is 37.2 Å². The zero-order chi connectivity index (χ0) is 20.6. The number of benzene rings is 1. The number of allylic oxidation sites excluding steroid dienone is 1. The summed E-state index contributed by atoms with van der Waals surface area (Å²) in [7, 11) is 1.84. The van der Waals surface area contributed by atoms with Crippen molar-refractivity contribution >= 4 is 62.4 Å². The van der Waals surface area contributed by atoms with E-state index in [0.717, 1.165) is 16.3 Å². The SMILES string of the molecule is CSc1cnc(Nc2cnn(C)c2)nc1Nc1cccc(NC(=O)C=CCBr)c1. The fourth-order valence-electron chi connectivity index (χ4n) is 2.43. The molecule has 1 amide bonds. The third-order valence-corrected chi connectivity index (χ3v) is 4.80. The fraction of sp³-hybridized carbons (Fsp3) is 0.158. The maximum Gasteiger partial charge on any atom is 0.248 e. The van der Waals surface area contributed by atoms with Gasteiger partial charge in [-0.2, -0.15) is 10.1 Å². The van der Waals surface area contributed by atoms with Gasteiger partial charge in [0.1, 0.15) is 5.82 Å². The lowest BCUT2D eigenvalue weighted by Gasteiger charge is -2.12. The van der Waals surface area contributed by atoms with E-state index in [-0.39, 0.29) is 5.91 Å². The molecule has 0 unspecified atom stereocenters. The van der Waals surface area contributed by atoms with Gasteiger partial charge in [-0.25, -0.2) is 4.98 Å². The van der Waals surface area contributed by atoms with Crippen LogP contribution in [0.2, 0.25) is 0 Å². The lowest BCUT2D eigenvalue weighted by Crippen LogP contribution is -2.08. The second-order valence-electron chi connectivity index (χ2n) is 5.89. The minimum atomic E-state index is -0.184. The van der Waals surface area contributed by atoms with Crippen LogP contribution in [-0.2, 0) is 11.8 Å². The van der Waals surface area contributed by atoms with Gasteiger partial charge in [-0.1, -0.05) is 28.1 Å². The molecule has 0 radical (unpaired) electrons. The van der Waals surface area contributed by atoms with Crippen LogP contribution >= 0.6 is 27.7 Å². The van der Waals surface area contributed by atoms with Crippen LogP contribution in [0, 0.1) is 0 Å². The number of nitrogens with zero attached hydrogens (tertiary/aromatic N) is 4. The average molecular weight is 474 g/mol. The zero-order valence-electron chi connectivity index (χ0n) is 15.9. The second kappa shape index (κ2) is 10.1. The Morgan fingerprint density at radius 2 is 2.07 bits per heavy atom. The predicted octanol–water partition coefficient (Wildman–Crippen LogP) is 4.31. The summed E-state index contributed by atoms with van der Waals surface area (Å²) in [6.45, 7) is 0. The number of aryl methyl sites for hydroxylation is 1. The third-order valence-electron chi connectivity index (χ3n) is 3.69. The van der Waals surface area contributed by atoms with Crippen molar-refractivity contribution in [3.05, 3.63) is 55.0 Å². The highest BCUT2D eigenvalue weighted by Crippen LogP contribution is 2.28. The number of hydrogen-bond acceptors (Lipinski definition) is 7. The van der Waals surface area contributed by atoms with Crippen molar-refractivity contribution in [1.82, 2.24) is 19.7 Å². The largest absolute Gasteiger partial charge is 0.339 e. The second-order valence-corrected chi connectivity index (χ2v) is 7.39. The Morgan fingerprint density at radius 1 is 1.24 bits per heavy atom. The van der Waals surface area contributed by atoms with E-state index < -0.39 is 0 Å². The summed E-state index contributed by atoms with van der Waals surface area (Å²) in [5.41, 5.74) is 2.29. The maximum absolute atomic E-state index is 11.9. The number of hydrogen-bond donors (Lipinski definition) is 3. The summed E-state index contributed by atoms with van der Waals surface area (Å²) in [5.74, 6) is 0.945. The van der Waals surface area contributed by atoms with Crippen LogP contribution in [0.25, 0.3) is 0 Å². The minimum absolute atomic E-state index is 0.184. The van der Waals surface area contributed by atoms with Crippen molar-refractivity contribution in [1.29, 1.82) is 0 Å². The monoisotopic (exact) mass is 473 g/mol. The number of aromatic nitrogens is 4. The molecule has 29 heavy (non-hydrogen) atoms. The molecule has 8 nitrogen and oxygen atoms in total.